The number of halogens is 1. The number of aliphatic carboxylic acids is 1. The van der Waals surface area contributed by atoms with Crippen molar-refractivity contribution in [1.82, 2.24) is 0 Å². The van der Waals surface area contributed by atoms with Crippen LogP contribution in [0.3, 0.4) is 0 Å². The first-order chi connectivity index (χ1) is 4.67. The molecule has 1 heterocycles. The Bertz CT molecular complexity index is 181. The number of carboxylic acid groups (broad SMARTS) is 1. The van der Waals surface area contributed by atoms with Crippen molar-refractivity contribution in [2.75, 3.05) is 13.2 Å². The summed E-state index contributed by atoms with van der Waals surface area (Å²) >= 11 is 5.77. The van der Waals surface area contributed by atoms with Gasteiger partial charge in [-0.25, -0.2) is 0 Å². The number of carbonyl (C=O) groups is 1. The molecule has 0 radical (unpaired) electrons. The van der Waals surface area contributed by atoms with Gasteiger partial charge in [-0.3, -0.25) is 4.79 Å². The summed E-state index contributed by atoms with van der Waals surface area (Å²) in [6.07, 6.45) is 0. The smallest absolute Gasteiger partial charge is 0.325 e. The van der Waals surface area contributed by atoms with Crippen LogP contribution in [0.15, 0.2) is 0 Å². The fourth-order valence-corrected chi connectivity index (χ4v) is 1.98. The molecule has 2 unspecified atom stereocenters. The van der Waals surface area contributed by atoms with Gasteiger partial charge in [-0.05, 0) is 0 Å². The van der Waals surface area contributed by atoms with E-state index in [4.69, 9.17) is 21.4 Å². The summed E-state index contributed by atoms with van der Waals surface area (Å²) in [5, 5.41) is 8.63. The lowest BCUT2D eigenvalue weighted by atomic mass is 10.3. The van der Waals surface area contributed by atoms with Gasteiger partial charge in [0.1, 0.15) is 0 Å². The molecular weight excluding hydrogens is 156 g/mol. The van der Waals surface area contributed by atoms with E-state index in [-0.39, 0.29) is 11.8 Å². The van der Waals surface area contributed by atoms with Crippen LogP contribution in [0, 0.1) is 11.8 Å². The summed E-state index contributed by atoms with van der Waals surface area (Å²) in [4.78, 5) is 9.54. The van der Waals surface area contributed by atoms with Crippen molar-refractivity contribution in [3.05, 3.63) is 0 Å². The van der Waals surface area contributed by atoms with Gasteiger partial charge >= 0.3 is 5.97 Å². The maximum Gasteiger partial charge on any atom is 0.325 e. The number of alkyl halides is 1. The van der Waals surface area contributed by atoms with Gasteiger partial charge in [-0.15, -0.1) is 11.6 Å². The zero-order valence-corrected chi connectivity index (χ0v) is 5.97. The lowest BCUT2D eigenvalue weighted by Gasteiger charge is -2.05. The van der Waals surface area contributed by atoms with E-state index in [1.807, 2.05) is 0 Å². The average molecular weight is 163 g/mol. The lowest BCUT2D eigenvalue weighted by molar-refractivity contribution is -0.138. The average Bonchev–Trinajstić information content (AvgIpc) is 2.28. The van der Waals surface area contributed by atoms with Gasteiger partial charge < -0.3 is 9.84 Å². The van der Waals surface area contributed by atoms with E-state index < -0.39 is 10.8 Å². The van der Waals surface area contributed by atoms with Crippen LogP contribution in [0.1, 0.15) is 0 Å². The Kier molecular flexibility index (Phi) is 1.06. The van der Waals surface area contributed by atoms with Crippen LogP contribution in [0.25, 0.3) is 0 Å². The first-order valence-electron chi connectivity index (χ1n) is 3.17. The SMILES string of the molecule is O=C(O)C1(Cl)C2COCC21. The van der Waals surface area contributed by atoms with Crippen molar-refractivity contribution >= 4 is 17.6 Å². The Morgan fingerprint density at radius 2 is 2.10 bits per heavy atom. The molecule has 4 heteroatoms. The highest BCUT2D eigenvalue weighted by atomic mass is 35.5. The van der Waals surface area contributed by atoms with Gasteiger partial charge in [0.15, 0.2) is 4.87 Å². The molecule has 2 atom stereocenters. The van der Waals surface area contributed by atoms with Gasteiger partial charge in [0.05, 0.1) is 13.2 Å². The largest absolute Gasteiger partial charge is 0.480 e. The molecule has 56 valence electrons. The van der Waals surface area contributed by atoms with E-state index in [0.29, 0.717) is 13.2 Å². The number of fused-ring (bicyclic) bond motifs is 1. The molecule has 1 aliphatic heterocycles. The molecule has 0 aromatic carbocycles. The van der Waals surface area contributed by atoms with Crippen LogP contribution in [-0.4, -0.2) is 29.2 Å². The third-order valence-corrected chi connectivity index (χ3v) is 3.10. The molecule has 3 nitrogen and oxygen atoms in total. The number of carboxylic acids is 1. The molecule has 0 aromatic rings. The van der Waals surface area contributed by atoms with Crippen LogP contribution in [0.5, 0.6) is 0 Å². The fraction of sp³-hybridized carbons (Fsp3) is 0.833. The monoisotopic (exact) mass is 162 g/mol. The molecule has 2 aliphatic rings. The highest BCUT2D eigenvalue weighted by Crippen LogP contribution is 2.59. The molecule has 2 fully saturated rings. The van der Waals surface area contributed by atoms with Crippen molar-refractivity contribution in [1.29, 1.82) is 0 Å². The van der Waals surface area contributed by atoms with Gasteiger partial charge in [0.2, 0.25) is 0 Å². The van der Waals surface area contributed by atoms with Crippen LogP contribution in [-0.2, 0) is 9.53 Å². The Hall–Kier alpha value is -0.280. The number of hydrogen-bond donors (Lipinski definition) is 1. The first kappa shape index (κ1) is 6.43. The summed E-state index contributed by atoms with van der Waals surface area (Å²) in [5.41, 5.74) is 0. The number of rotatable bonds is 1. The number of hydrogen-bond acceptors (Lipinski definition) is 2. The van der Waals surface area contributed by atoms with Crippen LogP contribution < -0.4 is 0 Å². The molecule has 0 bridgehead atoms. The van der Waals surface area contributed by atoms with Crippen LogP contribution in [0.4, 0.5) is 0 Å². The second-order valence-electron chi connectivity index (χ2n) is 2.82. The quantitative estimate of drug-likeness (QED) is 0.565. The molecule has 10 heavy (non-hydrogen) atoms. The maximum absolute atomic E-state index is 10.5. The molecule has 1 saturated heterocycles. The molecule has 1 saturated carbocycles. The van der Waals surface area contributed by atoms with E-state index in [1.54, 1.807) is 0 Å². The zero-order valence-electron chi connectivity index (χ0n) is 5.21. The van der Waals surface area contributed by atoms with Gasteiger partial charge in [0, 0.05) is 11.8 Å². The molecule has 2 rings (SSSR count). The normalized spacial score (nSPS) is 50.5. The highest BCUT2D eigenvalue weighted by Gasteiger charge is 2.71. The minimum absolute atomic E-state index is 0.0617. The van der Waals surface area contributed by atoms with E-state index in [1.165, 1.54) is 0 Å². The summed E-state index contributed by atoms with van der Waals surface area (Å²) in [7, 11) is 0. The molecule has 1 aliphatic carbocycles. The van der Waals surface area contributed by atoms with E-state index in [0.717, 1.165) is 0 Å². The summed E-state index contributed by atoms with van der Waals surface area (Å²) in [6.45, 7) is 1.03. The summed E-state index contributed by atoms with van der Waals surface area (Å²) < 4.78 is 5.00. The van der Waals surface area contributed by atoms with E-state index in [9.17, 15) is 4.79 Å². The lowest BCUT2D eigenvalue weighted by Crippen LogP contribution is -2.23. The Morgan fingerprint density at radius 1 is 1.60 bits per heavy atom. The Balaban J connectivity index is 2.17. The third kappa shape index (κ3) is 0.527. The second kappa shape index (κ2) is 1.66. The Morgan fingerprint density at radius 3 is 2.40 bits per heavy atom. The standard InChI is InChI=1S/C6H7ClO3/c7-6(5(8)9)3-1-10-2-4(3)6/h3-4H,1-2H2,(H,8,9). The van der Waals surface area contributed by atoms with E-state index >= 15 is 0 Å². The molecule has 1 N–H and O–H groups in total. The van der Waals surface area contributed by atoms with Crippen molar-refractivity contribution in [3.63, 3.8) is 0 Å². The van der Waals surface area contributed by atoms with E-state index in [2.05, 4.69) is 0 Å². The molecular formula is C6H7ClO3. The second-order valence-corrected chi connectivity index (χ2v) is 3.45. The van der Waals surface area contributed by atoms with Crippen molar-refractivity contribution < 1.29 is 14.6 Å². The predicted molar refractivity (Wildman–Crippen MR) is 34.0 cm³/mol. The van der Waals surface area contributed by atoms with Crippen molar-refractivity contribution in [2.24, 2.45) is 11.8 Å². The topological polar surface area (TPSA) is 46.5 Å². The van der Waals surface area contributed by atoms with Crippen molar-refractivity contribution in [2.45, 2.75) is 4.87 Å². The zero-order chi connectivity index (χ0) is 7.35. The van der Waals surface area contributed by atoms with Crippen LogP contribution in [0.2, 0.25) is 0 Å². The highest BCUT2D eigenvalue weighted by molar-refractivity contribution is 6.37. The van der Waals surface area contributed by atoms with Crippen molar-refractivity contribution in [3.8, 4) is 0 Å². The first-order valence-corrected chi connectivity index (χ1v) is 3.55. The maximum atomic E-state index is 10.5. The number of ether oxygens (including phenoxy) is 1. The molecule has 0 aromatic heterocycles. The summed E-state index contributed by atoms with van der Waals surface area (Å²) in [5.74, 6) is -0.772. The molecule has 0 amide bonds. The minimum Gasteiger partial charge on any atom is -0.480 e. The molecule has 0 spiro atoms. The van der Waals surface area contributed by atoms with Gasteiger partial charge in [-0.1, -0.05) is 0 Å². The predicted octanol–water partition coefficient (Wildman–Crippen LogP) is 0.325. The fourth-order valence-electron chi connectivity index (χ4n) is 1.61. The Labute approximate surface area is 62.9 Å². The third-order valence-electron chi connectivity index (χ3n) is 2.38. The van der Waals surface area contributed by atoms with Crippen LogP contribution >= 0.6 is 11.6 Å². The van der Waals surface area contributed by atoms with Gasteiger partial charge in [-0.2, -0.15) is 0 Å². The minimum atomic E-state index is -0.974. The summed E-state index contributed by atoms with van der Waals surface area (Å²) in [6, 6.07) is 0. The van der Waals surface area contributed by atoms with Gasteiger partial charge in [0.25, 0.3) is 0 Å².